The first-order chi connectivity index (χ1) is 31.1. The second-order valence-corrected chi connectivity index (χ2v) is 34.1. The zero-order valence-electron chi connectivity index (χ0n) is 36.0. The second kappa shape index (κ2) is 19.2. The molecule has 0 aliphatic carbocycles. The van der Waals surface area contributed by atoms with E-state index in [0.29, 0.717) is 5.56 Å². The third kappa shape index (κ3) is 8.51. The van der Waals surface area contributed by atoms with Gasteiger partial charge in [0.25, 0.3) is 0 Å². The Bertz CT molecular complexity index is 2580. The third-order valence-electron chi connectivity index (χ3n) is 12.3. The number of aldehydes is 1. The SMILES string of the molecule is Cc1cc(CP(Br)(c2ccccc2)(c2ccccc2)c2ccccc2)c(C)cc1CP(Br)(c1ccccc1)(c1ccccc1)c1ccccc1.O=Cc1ccc(-c2ccccn2)nc1. The number of hydrogen-bond acceptors (Lipinski definition) is 3. The van der Waals surface area contributed by atoms with Crippen LogP contribution in [0.4, 0.5) is 0 Å². The monoisotopic (exact) mass is 998 g/mol. The van der Waals surface area contributed by atoms with Crippen molar-refractivity contribution in [3.63, 3.8) is 0 Å². The number of nitrogens with zero attached hydrogens (tertiary/aromatic N) is 2. The summed E-state index contributed by atoms with van der Waals surface area (Å²) < 4.78 is 0. The van der Waals surface area contributed by atoms with E-state index in [9.17, 15) is 4.79 Å². The van der Waals surface area contributed by atoms with Gasteiger partial charge in [-0.1, -0.05) is 6.07 Å². The predicted molar refractivity (Wildman–Crippen MR) is 284 cm³/mol. The Morgan fingerprint density at radius 3 is 0.984 bits per heavy atom. The van der Waals surface area contributed by atoms with E-state index in [2.05, 4.69) is 218 Å². The number of halogens is 2. The van der Waals surface area contributed by atoms with Crippen LogP contribution in [0, 0.1) is 13.8 Å². The number of carbonyl (C=O) groups is 1. The van der Waals surface area contributed by atoms with Gasteiger partial charge in [-0.05, 0) is 24.3 Å². The Kier molecular flexibility index (Phi) is 13.5. The molecule has 0 spiro atoms. The van der Waals surface area contributed by atoms with E-state index in [0.717, 1.165) is 30.0 Å². The van der Waals surface area contributed by atoms with Gasteiger partial charge < -0.3 is 0 Å². The van der Waals surface area contributed by atoms with Crippen molar-refractivity contribution in [2.24, 2.45) is 0 Å². The van der Waals surface area contributed by atoms with E-state index < -0.39 is 10.6 Å². The first-order valence-corrected chi connectivity index (χ1v) is 30.2. The summed E-state index contributed by atoms with van der Waals surface area (Å²) in [7, 11) is 0. The molecule has 2 aromatic heterocycles. The molecule has 0 amide bonds. The quantitative estimate of drug-likeness (QED) is 0.0905. The van der Waals surface area contributed by atoms with Crippen LogP contribution in [0.3, 0.4) is 0 Å². The molecule has 0 unspecified atom stereocenters. The molecule has 0 fully saturated rings. The topological polar surface area (TPSA) is 42.9 Å². The number of aromatic nitrogens is 2. The van der Waals surface area contributed by atoms with Crippen LogP contribution in [-0.2, 0) is 12.3 Å². The molecule has 64 heavy (non-hydrogen) atoms. The number of pyridine rings is 2. The molecule has 3 nitrogen and oxygen atoms in total. The molecule has 0 atom stereocenters. The predicted octanol–water partition coefficient (Wildman–Crippen LogP) is 12.9. The molecule has 0 aliphatic heterocycles. The molecule has 0 radical (unpaired) electrons. The first kappa shape index (κ1) is 44.9. The van der Waals surface area contributed by atoms with Gasteiger partial charge in [0, 0.05) is 18.0 Å². The largest absolute Gasteiger partial charge is 0.298 e. The fourth-order valence-electron chi connectivity index (χ4n) is 8.93. The van der Waals surface area contributed by atoms with Gasteiger partial charge in [-0.25, -0.2) is 0 Å². The fraction of sp³-hybridized carbons (Fsp3) is 0.0702. The van der Waals surface area contributed by atoms with E-state index in [1.807, 2.05) is 18.2 Å². The van der Waals surface area contributed by atoms with Crippen molar-refractivity contribution >= 4 is 79.7 Å². The number of benzene rings is 7. The van der Waals surface area contributed by atoms with Crippen LogP contribution in [0.25, 0.3) is 11.4 Å². The van der Waals surface area contributed by atoms with Crippen molar-refractivity contribution in [3.8, 4) is 11.4 Å². The van der Waals surface area contributed by atoms with Crippen molar-refractivity contribution in [3.05, 3.63) is 265 Å². The standard InChI is InChI=1S/C46H42Br2P2.C11H8N2O/c1-37-33-40(36-50(48,44-27-15-6-16-28-44,45-29-17-7-18-30-45)46-31-19-8-20-32-46)38(2)34-39(37)35-49(47,41-21-9-3-10-22-41,42-23-11-4-12-24-42)43-25-13-5-14-26-43;14-8-9-4-5-11(13-7-9)10-3-1-2-6-12-10/h3-34H,35-36H2,1-2H3;1-8H. The molecule has 7 heteroatoms. The smallest absolute Gasteiger partial charge is 0.151 e. The van der Waals surface area contributed by atoms with E-state index in [-0.39, 0.29) is 0 Å². The minimum absolute atomic E-state index is 0.574. The van der Waals surface area contributed by atoms with Crippen LogP contribution >= 0.6 is 41.6 Å². The summed E-state index contributed by atoms with van der Waals surface area (Å²) in [4.78, 5) is 18.7. The van der Waals surface area contributed by atoms with E-state index in [1.165, 1.54) is 60.3 Å². The molecule has 7 aromatic carbocycles. The maximum Gasteiger partial charge on any atom is 0.151 e. The van der Waals surface area contributed by atoms with Crippen LogP contribution in [0.5, 0.6) is 0 Å². The normalized spacial score (nSPS) is 12.6. The number of carbonyl (C=O) groups excluding carboxylic acids is 1. The molecule has 0 N–H and O–H groups in total. The Balaban J connectivity index is 0.000000339. The van der Waals surface area contributed by atoms with Crippen molar-refractivity contribution in [2.45, 2.75) is 26.2 Å². The summed E-state index contributed by atoms with van der Waals surface area (Å²) in [5, 5.41) is 1.65. The van der Waals surface area contributed by atoms with Crippen LogP contribution in [0.2, 0.25) is 0 Å². The van der Waals surface area contributed by atoms with Gasteiger partial charge in [0.05, 0.1) is 11.4 Å². The summed E-state index contributed by atoms with van der Waals surface area (Å²) in [5.41, 5.74) is 7.52. The summed E-state index contributed by atoms with van der Waals surface area (Å²) in [5.74, 6) is 0. The average molecular weight is 1000 g/mol. The Hall–Kier alpha value is -5.67. The van der Waals surface area contributed by atoms with Gasteiger partial charge in [-0.2, -0.15) is 0 Å². The van der Waals surface area contributed by atoms with Crippen molar-refractivity contribution in [1.82, 2.24) is 9.97 Å². The van der Waals surface area contributed by atoms with Gasteiger partial charge in [-0.15, -0.1) is 0 Å². The van der Waals surface area contributed by atoms with Crippen molar-refractivity contribution < 1.29 is 4.79 Å². The maximum absolute atomic E-state index is 10.4. The number of rotatable bonds is 12. The molecule has 9 rings (SSSR count). The van der Waals surface area contributed by atoms with E-state index in [4.69, 9.17) is 31.0 Å². The Labute approximate surface area is 394 Å². The summed E-state index contributed by atoms with van der Waals surface area (Å²) >= 11 is 9.42. The van der Waals surface area contributed by atoms with Gasteiger partial charge in [0.2, 0.25) is 0 Å². The van der Waals surface area contributed by atoms with Crippen LogP contribution < -0.4 is 31.8 Å². The maximum atomic E-state index is 10.4. The molecule has 0 bridgehead atoms. The molecule has 0 saturated heterocycles. The second-order valence-electron chi connectivity index (χ2n) is 16.2. The van der Waals surface area contributed by atoms with Gasteiger partial charge >= 0.3 is 316 Å². The summed E-state index contributed by atoms with van der Waals surface area (Å²) in [6, 6.07) is 80.8. The van der Waals surface area contributed by atoms with Crippen molar-refractivity contribution in [1.29, 1.82) is 0 Å². The van der Waals surface area contributed by atoms with Crippen molar-refractivity contribution in [2.75, 3.05) is 0 Å². The average Bonchev–Trinajstić information content (AvgIpc) is 3.37. The minimum Gasteiger partial charge on any atom is -0.298 e. The summed E-state index contributed by atoms with van der Waals surface area (Å²) in [6.45, 7) is 4.62. The van der Waals surface area contributed by atoms with Crippen LogP contribution in [-0.4, -0.2) is 16.3 Å². The zero-order valence-corrected chi connectivity index (χ0v) is 40.9. The molecule has 318 valence electrons. The van der Waals surface area contributed by atoms with Gasteiger partial charge in [0.15, 0.2) is 6.29 Å². The first-order valence-electron chi connectivity index (χ1n) is 21.4. The zero-order chi connectivity index (χ0) is 44.5. The third-order valence-corrected chi connectivity index (χ3v) is 31.3. The molecule has 0 aliphatic rings. The van der Waals surface area contributed by atoms with E-state index >= 15 is 0 Å². The molecule has 0 saturated carbocycles. The molecule has 2 heterocycles. The van der Waals surface area contributed by atoms with Crippen LogP contribution in [0.15, 0.2) is 237 Å². The molecular formula is C57H50Br2N2OP2. The number of aryl methyl sites for hydroxylation is 2. The summed E-state index contributed by atoms with van der Waals surface area (Å²) in [6.07, 6.45) is 5.76. The molecular weight excluding hydrogens is 950 g/mol. The van der Waals surface area contributed by atoms with Gasteiger partial charge in [0.1, 0.15) is 0 Å². The van der Waals surface area contributed by atoms with E-state index in [1.54, 1.807) is 18.3 Å². The Morgan fingerprint density at radius 2 is 0.719 bits per heavy atom. The van der Waals surface area contributed by atoms with Crippen LogP contribution in [0.1, 0.15) is 32.6 Å². The molecule has 9 aromatic rings. The minimum atomic E-state index is -3.17. The van der Waals surface area contributed by atoms with Gasteiger partial charge in [-0.3, -0.25) is 14.8 Å². The number of hydrogen-bond donors (Lipinski definition) is 0. The Morgan fingerprint density at radius 1 is 0.406 bits per heavy atom. The fourth-order valence-corrected chi connectivity index (χ4v) is 24.4.